The Bertz CT molecular complexity index is 656. The van der Waals surface area contributed by atoms with Crippen molar-refractivity contribution in [2.45, 2.75) is 51.4 Å². The van der Waals surface area contributed by atoms with Gasteiger partial charge in [-0.25, -0.2) is 0 Å². The van der Waals surface area contributed by atoms with Gasteiger partial charge in [-0.3, -0.25) is 0 Å². The van der Waals surface area contributed by atoms with E-state index in [4.69, 9.17) is 4.74 Å². The van der Waals surface area contributed by atoms with Crippen LogP contribution in [-0.2, 0) is 5.41 Å². The molecule has 0 saturated heterocycles. The van der Waals surface area contributed by atoms with Crippen LogP contribution in [0.25, 0.3) is 0 Å². The van der Waals surface area contributed by atoms with E-state index in [0.29, 0.717) is 6.54 Å². The Hall–Kier alpha value is -1.59. The lowest BCUT2D eigenvalue weighted by atomic mass is 9.87. The molecule has 0 bridgehead atoms. The van der Waals surface area contributed by atoms with E-state index in [1.54, 1.807) is 0 Å². The van der Waals surface area contributed by atoms with Crippen molar-refractivity contribution in [2.75, 3.05) is 13.2 Å². The number of benzene rings is 2. The first-order valence-corrected chi connectivity index (χ1v) is 9.25. The molecule has 4 nitrogen and oxygen atoms in total. The van der Waals surface area contributed by atoms with Gasteiger partial charge in [-0.1, -0.05) is 63.2 Å². The van der Waals surface area contributed by atoms with Crippen molar-refractivity contribution in [3.63, 3.8) is 0 Å². The van der Waals surface area contributed by atoms with E-state index in [1.807, 2.05) is 54.7 Å². The minimum Gasteiger partial charge on any atom is -1.00 e. The van der Waals surface area contributed by atoms with Crippen LogP contribution in [0.2, 0.25) is 0 Å². The maximum absolute atomic E-state index is 10.4. The van der Waals surface area contributed by atoms with Crippen LogP contribution in [0.5, 0.6) is 5.75 Å². The molecule has 2 aromatic carbocycles. The van der Waals surface area contributed by atoms with Gasteiger partial charge in [-0.2, -0.15) is 0 Å². The summed E-state index contributed by atoms with van der Waals surface area (Å²) < 4.78 is 5.68. The molecule has 0 spiro atoms. The second-order valence-corrected chi connectivity index (χ2v) is 7.93. The van der Waals surface area contributed by atoms with Crippen LogP contribution in [0.15, 0.2) is 54.6 Å². The van der Waals surface area contributed by atoms with Gasteiger partial charge >= 0.3 is 0 Å². The molecule has 0 radical (unpaired) electrons. The molecular formula is C22H32ClNO3. The summed E-state index contributed by atoms with van der Waals surface area (Å²) in [7, 11) is 0. The summed E-state index contributed by atoms with van der Waals surface area (Å²) in [6.45, 7) is 9.19. The fraction of sp³-hybridized carbons (Fsp3) is 0.455. The van der Waals surface area contributed by atoms with Gasteiger partial charge in [0.15, 0.2) is 0 Å². The standard InChI is InChI=1S/C22H31NO3.ClH/c1-16(21(25)17-8-6-5-7-9-17)23-14-19(24)15-26-20-12-10-18(11-13-20)22(2,3)4;/h5-13,16,19,21,23-25H,14-15H2,1-4H3;1H. The number of rotatable bonds is 8. The van der Waals surface area contributed by atoms with Crippen LogP contribution in [-0.4, -0.2) is 35.5 Å². The number of hydrogen-bond donors (Lipinski definition) is 3. The fourth-order valence-electron chi connectivity index (χ4n) is 2.77. The highest BCUT2D eigenvalue weighted by Gasteiger charge is 2.20. The number of aliphatic hydroxyl groups excluding tert-OH is 2. The number of halogens is 1. The number of ether oxygens (including phenoxy) is 1. The molecule has 0 amide bonds. The molecule has 2 rings (SSSR count). The lowest BCUT2D eigenvalue weighted by Crippen LogP contribution is -3.00. The molecule has 150 valence electrons. The van der Waals surface area contributed by atoms with Crippen molar-refractivity contribution >= 4 is 0 Å². The lowest BCUT2D eigenvalue weighted by Gasteiger charge is -2.20. The highest BCUT2D eigenvalue weighted by Crippen LogP contribution is 2.24. The summed E-state index contributed by atoms with van der Waals surface area (Å²) in [5.41, 5.74) is 2.26. The molecule has 0 saturated carbocycles. The topological polar surface area (TPSA) is 66.3 Å². The van der Waals surface area contributed by atoms with Crippen molar-refractivity contribution in [3.8, 4) is 5.75 Å². The average molecular weight is 394 g/mol. The molecule has 2 aromatic rings. The second kappa shape index (κ2) is 10.7. The summed E-state index contributed by atoms with van der Waals surface area (Å²) in [6.07, 6.45) is -1.16. The Labute approximate surface area is 169 Å². The molecule has 27 heavy (non-hydrogen) atoms. The minimum absolute atomic E-state index is 0. The second-order valence-electron chi connectivity index (χ2n) is 7.93. The van der Waals surface area contributed by atoms with E-state index in [2.05, 4.69) is 32.9 Å². The predicted molar refractivity (Wildman–Crippen MR) is 104 cm³/mol. The van der Waals surface area contributed by atoms with Crippen molar-refractivity contribution in [1.82, 2.24) is 0 Å². The average Bonchev–Trinajstić information content (AvgIpc) is 2.64. The van der Waals surface area contributed by atoms with E-state index in [0.717, 1.165) is 11.3 Å². The molecular weight excluding hydrogens is 362 g/mol. The summed E-state index contributed by atoms with van der Waals surface area (Å²) >= 11 is 0. The van der Waals surface area contributed by atoms with Gasteiger partial charge in [0.05, 0.1) is 0 Å². The number of aliphatic hydroxyl groups is 2. The molecule has 0 aliphatic carbocycles. The highest BCUT2D eigenvalue weighted by atomic mass is 35.5. The van der Waals surface area contributed by atoms with E-state index < -0.39 is 12.2 Å². The summed E-state index contributed by atoms with van der Waals surface area (Å²) in [5.74, 6) is 0.759. The monoisotopic (exact) mass is 393 g/mol. The molecule has 0 aliphatic heterocycles. The smallest absolute Gasteiger partial charge is 0.137 e. The highest BCUT2D eigenvalue weighted by molar-refractivity contribution is 5.31. The molecule has 3 unspecified atom stereocenters. The van der Waals surface area contributed by atoms with Crippen LogP contribution < -0.4 is 22.5 Å². The van der Waals surface area contributed by atoms with Gasteiger partial charge in [-0.15, -0.1) is 0 Å². The van der Waals surface area contributed by atoms with Gasteiger partial charge < -0.3 is 32.7 Å². The number of quaternary nitrogens is 1. The maximum atomic E-state index is 10.4. The molecule has 0 heterocycles. The van der Waals surface area contributed by atoms with Gasteiger partial charge in [0, 0.05) is 0 Å². The van der Waals surface area contributed by atoms with Crippen LogP contribution in [0.1, 0.15) is 44.9 Å². The minimum atomic E-state index is -0.595. The molecule has 4 N–H and O–H groups in total. The van der Waals surface area contributed by atoms with Crippen molar-refractivity contribution in [1.29, 1.82) is 0 Å². The summed E-state index contributed by atoms with van der Waals surface area (Å²) in [4.78, 5) is 0. The quantitative estimate of drug-likeness (QED) is 0.562. The van der Waals surface area contributed by atoms with Gasteiger partial charge in [0.25, 0.3) is 0 Å². The normalized spacial score (nSPS) is 14.7. The SMILES string of the molecule is CC([NH2+]CC(O)COc1ccc(C(C)(C)C)cc1)C(O)c1ccccc1.[Cl-]. The lowest BCUT2D eigenvalue weighted by molar-refractivity contribution is -0.699. The molecule has 0 aromatic heterocycles. The zero-order valence-corrected chi connectivity index (χ0v) is 17.4. The molecule has 0 aliphatic rings. The van der Waals surface area contributed by atoms with Crippen LogP contribution in [0, 0.1) is 0 Å². The molecule has 3 atom stereocenters. The first-order valence-electron chi connectivity index (χ1n) is 9.25. The summed E-state index contributed by atoms with van der Waals surface area (Å²) in [5, 5.41) is 22.5. The Morgan fingerprint density at radius 1 is 0.963 bits per heavy atom. The third-order valence-corrected chi connectivity index (χ3v) is 4.58. The molecule has 5 heteroatoms. The van der Waals surface area contributed by atoms with E-state index in [9.17, 15) is 10.2 Å². The number of hydrogen-bond acceptors (Lipinski definition) is 3. The van der Waals surface area contributed by atoms with E-state index in [-0.39, 0.29) is 30.5 Å². The largest absolute Gasteiger partial charge is 1.00 e. The first kappa shape index (κ1) is 23.4. The van der Waals surface area contributed by atoms with Gasteiger partial charge in [0.1, 0.15) is 37.2 Å². The Morgan fingerprint density at radius 2 is 1.56 bits per heavy atom. The van der Waals surface area contributed by atoms with Crippen LogP contribution >= 0.6 is 0 Å². The Balaban J connectivity index is 0.00000364. The maximum Gasteiger partial charge on any atom is 0.137 e. The van der Waals surface area contributed by atoms with Crippen molar-refractivity contribution in [2.24, 2.45) is 0 Å². The van der Waals surface area contributed by atoms with Crippen LogP contribution in [0.3, 0.4) is 0 Å². The third-order valence-electron chi connectivity index (χ3n) is 4.58. The predicted octanol–water partition coefficient (Wildman–Crippen LogP) is -0.587. The third kappa shape index (κ3) is 7.51. The van der Waals surface area contributed by atoms with Crippen LogP contribution in [0.4, 0.5) is 0 Å². The van der Waals surface area contributed by atoms with Gasteiger partial charge in [0.2, 0.25) is 0 Å². The summed E-state index contributed by atoms with van der Waals surface area (Å²) in [6, 6.07) is 17.6. The Morgan fingerprint density at radius 3 is 2.11 bits per heavy atom. The Kier molecular flexibility index (Phi) is 9.27. The van der Waals surface area contributed by atoms with Gasteiger partial charge in [-0.05, 0) is 35.6 Å². The van der Waals surface area contributed by atoms with Crippen molar-refractivity contribution in [3.05, 3.63) is 65.7 Å². The van der Waals surface area contributed by atoms with E-state index in [1.165, 1.54) is 5.56 Å². The number of nitrogens with two attached hydrogens (primary N) is 1. The molecule has 0 fully saturated rings. The van der Waals surface area contributed by atoms with E-state index >= 15 is 0 Å². The first-order chi connectivity index (χ1) is 12.3. The zero-order chi connectivity index (χ0) is 19.2. The van der Waals surface area contributed by atoms with Crippen molar-refractivity contribution < 1.29 is 32.7 Å². The fourth-order valence-corrected chi connectivity index (χ4v) is 2.77. The zero-order valence-electron chi connectivity index (χ0n) is 16.6.